The monoisotopic (exact) mass is 1290 g/mol. The van der Waals surface area contributed by atoms with E-state index in [2.05, 4.69) is 196 Å². The van der Waals surface area contributed by atoms with Crippen LogP contribution in [0.15, 0.2) is 182 Å². The number of nitrogens with zero attached hydrogens (tertiary/aromatic N) is 1. The summed E-state index contributed by atoms with van der Waals surface area (Å²) in [7, 11) is 1.13. The van der Waals surface area contributed by atoms with Gasteiger partial charge < -0.3 is 27.9 Å². The first kappa shape index (κ1) is 87.1. The van der Waals surface area contributed by atoms with Crippen LogP contribution in [-0.2, 0) is 32.7 Å². The van der Waals surface area contributed by atoms with E-state index in [1.54, 1.807) is 0 Å². The van der Waals surface area contributed by atoms with E-state index in [0.717, 1.165) is 148 Å². The van der Waals surface area contributed by atoms with Gasteiger partial charge in [-0.3, -0.25) is 14.2 Å². The fraction of sp³-hybridized carbons (Fsp3) is 0.610. The molecule has 0 bridgehead atoms. The van der Waals surface area contributed by atoms with E-state index in [-0.39, 0.29) is 26.1 Å². The molecule has 2 atom stereocenters. The van der Waals surface area contributed by atoms with E-state index in [0.29, 0.717) is 17.4 Å². The minimum Gasteiger partial charge on any atom is -0.756 e. The molecule has 0 fully saturated rings. The molecule has 520 valence electrons. The normalized spacial score (nSPS) is 14.2. The first-order chi connectivity index (χ1) is 45.0. The average molecular weight is 1290 g/mol. The Balaban J connectivity index is 4.12. The summed E-state index contributed by atoms with van der Waals surface area (Å²) in [5.74, 6) is -0.863. The van der Waals surface area contributed by atoms with Crippen LogP contribution in [-0.4, -0.2) is 70.0 Å². The molecule has 92 heavy (non-hydrogen) atoms. The van der Waals surface area contributed by atoms with Crippen LogP contribution >= 0.6 is 7.82 Å². The lowest BCUT2D eigenvalue weighted by atomic mass is 10.0. The number of phosphoric ester groups is 1. The second-order valence-corrected chi connectivity index (χ2v) is 26.2. The van der Waals surface area contributed by atoms with Crippen LogP contribution in [0.5, 0.6) is 0 Å². The highest BCUT2D eigenvalue weighted by molar-refractivity contribution is 7.45. The molecule has 0 aliphatic carbocycles. The zero-order valence-corrected chi connectivity index (χ0v) is 60.1. The van der Waals surface area contributed by atoms with E-state index in [1.807, 2.05) is 21.1 Å². The highest BCUT2D eigenvalue weighted by Gasteiger charge is 2.22. The summed E-state index contributed by atoms with van der Waals surface area (Å²) in [6, 6.07) is 0. The van der Waals surface area contributed by atoms with Gasteiger partial charge in [0, 0.05) is 12.8 Å². The number of carbonyl (C=O) groups is 2. The minimum absolute atomic E-state index is 0.0438. The van der Waals surface area contributed by atoms with E-state index < -0.39 is 32.5 Å². The summed E-state index contributed by atoms with van der Waals surface area (Å²) in [5.41, 5.74) is 0. The summed E-state index contributed by atoms with van der Waals surface area (Å²) in [6.45, 7) is 3.98. The summed E-state index contributed by atoms with van der Waals surface area (Å²) < 4.78 is 34.3. The zero-order chi connectivity index (χ0) is 66.9. The van der Waals surface area contributed by atoms with Crippen molar-refractivity contribution >= 4 is 19.8 Å². The van der Waals surface area contributed by atoms with Gasteiger partial charge in [-0.1, -0.05) is 305 Å². The maximum absolute atomic E-state index is 12.9. The predicted molar refractivity (Wildman–Crippen MR) is 396 cm³/mol. The van der Waals surface area contributed by atoms with Gasteiger partial charge in [-0.2, -0.15) is 0 Å². The molecule has 0 amide bonds. The maximum Gasteiger partial charge on any atom is 0.306 e. The molecule has 10 heteroatoms. The van der Waals surface area contributed by atoms with Crippen LogP contribution < -0.4 is 4.89 Å². The number of phosphoric acid groups is 1. The number of ether oxygens (including phenoxy) is 2. The first-order valence-corrected chi connectivity index (χ1v) is 38.0. The van der Waals surface area contributed by atoms with Gasteiger partial charge in [-0.05, 0) is 135 Å². The zero-order valence-electron chi connectivity index (χ0n) is 59.2. The molecule has 0 radical (unpaired) electrons. The van der Waals surface area contributed by atoms with E-state index in [4.69, 9.17) is 18.5 Å². The molecule has 9 nitrogen and oxygen atoms in total. The lowest BCUT2D eigenvalue weighted by molar-refractivity contribution is -0.870. The van der Waals surface area contributed by atoms with Crippen molar-refractivity contribution < 1.29 is 42.1 Å². The second-order valence-electron chi connectivity index (χ2n) is 24.8. The number of quaternary nitrogens is 1. The van der Waals surface area contributed by atoms with Crippen molar-refractivity contribution in [2.45, 2.75) is 277 Å². The third-order valence-corrected chi connectivity index (χ3v) is 15.9. The number of esters is 2. The average Bonchev–Trinajstić information content (AvgIpc) is 2.23. The molecule has 0 aromatic rings. The number of unbranched alkanes of at least 4 members (excludes halogenated alkanes) is 21. The quantitative estimate of drug-likeness (QED) is 0.0195. The third kappa shape index (κ3) is 74.2. The van der Waals surface area contributed by atoms with Gasteiger partial charge in [0.15, 0.2) is 6.10 Å². The van der Waals surface area contributed by atoms with Crippen LogP contribution in [0.25, 0.3) is 0 Å². The molecule has 0 saturated heterocycles. The Morgan fingerprint density at radius 1 is 0.337 bits per heavy atom. The van der Waals surface area contributed by atoms with Crippen LogP contribution in [0.4, 0.5) is 0 Å². The van der Waals surface area contributed by atoms with Crippen molar-refractivity contribution in [1.29, 1.82) is 0 Å². The minimum atomic E-state index is -4.66. The highest BCUT2D eigenvalue weighted by Crippen LogP contribution is 2.38. The maximum atomic E-state index is 12.9. The van der Waals surface area contributed by atoms with Crippen LogP contribution in [0, 0.1) is 0 Å². The van der Waals surface area contributed by atoms with Crippen molar-refractivity contribution in [3.8, 4) is 0 Å². The van der Waals surface area contributed by atoms with Crippen molar-refractivity contribution in [3.63, 3.8) is 0 Å². The molecular formula is C82H134NO8P. The molecule has 0 rings (SSSR count). The topological polar surface area (TPSA) is 111 Å². The second kappa shape index (κ2) is 70.4. The van der Waals surface area contributed by atoms with Crippen LogP contribution in [0.1, 0.15) is 271 Å². The van der Waals surface area contributed by atoms with Crippen molar-refractivity contribution in [2.24, 2.45) is 0 Å². The lowest BCUT2D eigenvalue weighted by Crippen LogP contribution is -2.37. The van der Waals surface area contributed by atoms with Gasteiger partial charge in [0.1, 0.15) is 19.8 Å². The van der Waals surface area contributed by atoms with Crippen molar-refractivity contribution in [1.82, 2.24) is 0 Å². The predicted octanol–water partition coefficient (Wildman–Crippen LogP) is 23.6. The number of hydrogen-bond acceptors (Lipinski definition) is 8. The Labute approximate surface area is 565 Å². The number of carbonyl (C=O) groups excluding carboxylic acids is 2. The third-order valence-electron chi connectivity index (χ3n) is 14.9. The largest absolute Gasteiger partial charge is 0.756 e. The Morgan fingerprint density at radius 3 is 0.870 bits per heavy atom. The first-order valence-electron chi connectivity index (χ1n) is 36.5. The number of allylic oxidation sites excluding steroid dienone is 30. The molecular weight excluding hydrogens is 1160 g/mol. The Hall–Kier alpha value is -4.89. The van der Waals surface area contributed by atoms with Crippen molar-refractivity contribution in [2.75, 3.05) is 47.5 Å². The summed E-state index contributed by atoms with van der Waals surface area (Å²) in [6.07, 6.45) is 108. The van der Waals surface area contributed by atoms with E-state index >= 15 is 0 Å². The molecule has 0 N–H and O–H groups in total. The highest BCUT2D eigenvalue weighted by atomic mass is 31.2. The summed E-state index contributed by atoms with van der Waals surface area (Å²) in [5, 5.41) is 0. The summed E-state index contributed by atoms with van der Waals surface area (Å²) >= 11 is 0. The molecule has 0 aliphatic heterocycles. The standard InChI is InChI=1S/C82H134NO8P/c1-6-8-10-12-14-16-18-20-22-24-26-28-30-32-34-36-38-40-41-43-44-46-48-50-52-54-56-58-60-62-64-66-68-70-72-74-81(84)88-78-80(79-90-92(86,87)89-77-76-83(3,4)5)91-82(85)75-73-71-69-67-65-63-61-59-57-55-53-51-49-47-45-42-39-37-35-33-31-29-27-25-23-21-19-17-15-13-11-9-7-2/h8-11,14-17,20-23,26-29,32-35,38-40,42,47,49,53,55,59,61,80H,6-7,12-13,18-19,24-25,30-31,36-37,41,43-46,48,50-52,54,56-58,60,62-79H2,1-5H3/b10-8-,11-9-,16-14-,17-15-,22-20-,23-21-,28-26-,29-27-,34-32-,35-33-,40-38-,42-39-,49-47-,55-53-,61-59-. The molecule has 0 aromatic carbocycles. The Morgan fingerprint density at radius 2 is 0.587 bits per heavy atom. The molecule has 0 aromatic heterocycles. The lowest BCUT2D eigenvalue weighted by Gasteiger charge is -2.28. The molecule has 0 saturated carbocycles. The number of likely N-dealkylation sites (N-methyl/N-ethyl adjacent to an activating group) is 1. The number of rotatable bonds is 65. The molecule has 2 unspecified atom stereocenters. The molecule has 0 spiro atoms. The van der Waals surface area contributed by atoms with E-state index in [1.165, 1.54) is 89.9 Å². The Kier molecular flexibility index (Phi) is 66.7. The van der Waals surface area contributed by atoms with Crippen LogP contribution in [0.3, 0.4) is 0 Å². The van der Waals surface area contributed by atoms with Crippen LogP contribution in [0.2, 0.25) is 0 Å². The molecule has 0 heterocycles. The van der Waals surface area contributed by atoms with Gasteiger partial charge in [-0.15, -0.1) is 0 Å². The van der Waals surface area contributed by atoms with Gasteiger partial charge in [-0.25, -0.2) is 0 Å². The van der Waals surface area contributed by atoms with Crippen molar-refractivity contribution in [3.05, 3.63) is 182 Å². The molecule has 0 aliphatic rings. The van der Waals surface area contributed by atoms with Gasteiger partial charge >= 0.3 is 11.9 Å². The van der Waals surface area contributed by atoms with Gasteiger partial charge in [0.05, 0.1) is 27.7 Å². The fourth-order valence-corrected chi connectivity index (χ4v) is 10.1. The SMILES string of the molecule is CC/C=C\C/C=C\C/C=C\C/C=C\C/C=C\C/C=C\C/C=C\C/C=C\C/C=C\CCCCCCCC(=O)OC(COC(=O)CCCCCCCCCCCCCCCCCC/C=C\C/C=C\C/C=C\C/C=C\C/C=C\C/C=C\CC)COP(=O)([O-])OCC[N+](C)(C)C. The summed E-state index contributed by atoms with van der Waals surface area (Å²) in [4.78, 5) is 38.1. The van der Waals surface area contributed by atoms with Gasteiger partial charge in [0.25, 0.3) is 7.82 Å². The smallest absolute Gasteiger partial charge is 0.306 e. The number of hydrogen-bond donors (Lipinski definition) is 0. The van der Waals surface area contributed by atoms with Gasteiger partial charge in [0.2, 0.25) is 0 Å². The fourth-order valence-electron chi connectivity index (χ4n) is 9.42. The van der Waals surface area contributed by atoms with E-state index in [9.17, 15) is 19.0 Å². The Bertz CT molecular complexity index is 2210.